The number of unbranched alkanes of at least 4 members (excludes halogenated alkanes) is 1. The minimum Gasteiger partial charge on any atom is -0.490 e. The highest BCUT2D eigenvalue weighted by molar-refractivity contribution is 5.13. The van der Waals surface area contributed by atoms with Crippen LogP contribution in [0.4, 0.5) is 0 Å². The molecule has 1 heterocycles. The van der Waals surface area contributed by atoms with Crippen molar-refractivity contribution < 1.29 is 9.47 Å². The van der Waals surface area contributed by atoms with Crippen LogP contribution in [-0.2, 0) is 11.3 Å². The van der Waals surface area contributed by atoms with E-state index in [2.05, 4.69) is 12.0 Å². The van der Waals surface area contributed by atoms with E-state index < -0.39 is 0 Å². The Labute approximate surface area is 113 Å². The summed E-state index contributed by atoms with van der Waals surface area (Å²) in [5, 5.41) is 4.03. The fraction of sp³-hybridized carbons (Fsp3) is 0.692. The lowest BCUT2D eigenvalue weighted by molar-refractivity contribution is 0.120. The van der Waals surface area contributed by atoms with Gasteiger partial charge in [-0.3, -0.25) is 4.79 Å². The molecule has 0 saturated heterocycles. The standard InChI is InChI=1S/C13H23N3O3/c1-3-4-6-18-7-5-16-13(17)8-12(9-15-16)19-10-11(2)14/h8-9,11H,3-7,10,14H2,1-2H3. The van der Waals surface area contributed by atoms with Gasteiger partial charge in [0.2, 0.25) is 0 Å². The predicted octanol–water partition coefficient (Wildman–Crippen LogP) is 0.786. The molecule has 6 nitrogen and oxygen atoms in total. The summed E-state index contributed by atoms with van der Waals surface area (Å²) in [5.41, 5.74) is 5.38. The number of ether oxygens (including phenoxy) is 2. The first-order valence-electron chi connectivity index (χ1n) is 6.66. The fourth-order valence-electron chi connectivity index (χ4n) is 1.39. The van der Waals surface area contributed by atoms with Crippen molar-refractivity contribution >= 4 is 0 Å². The molecule has 0 fully saturated rings. The van der Waals surface area contributed by atoms with Crippen LogP contribution in [0.15, 0.2) is 17.1 Å². The molecule has 1 rings (SSSR count). The van der Waals surface area contributed by atoms with E-state index in [9.17, 15) is 4.79 Å². The molecule has 0 radical (unpaired) electrons. The van der Waals surface area contributed by atoms with Crippen molar-refractivity contribution in [2.75, 3.05) is 19.8 Å². The van der Waals surface area contributed by atoms with Crippen LogP contribution in [0.25, 0.3) is 0 Å². The zero-order valence-electron chi connectivity index (χ0n) is 11.7. The lowest BCUT2D eigenvalue weighted by atomic mass is 10.4. The van der Waals surface area contributed by atoms with Gasteiger partial charge in [-0.25, -0.2) is 4.68 Å². The van der Waals surface area contributed by atoms with E-state index in [1.54, 1.807) is 0 Å². The molecule has 1 atom stereocenters. The van der Waals surface area contributed by atoms with E-state index in [0.717, 1.165) is 19.4 Å². The topological polar surface area (TPSA) is 79.4 Å². The van der Waals surface area contributed by atoms with Gasteiger partial charge in [0.25, 0.3) is 5.56 Å². The monoisotopic (exact) mass is 269 g/mol. The number of nitrogens with two attached hydrogens (primary N) is 1. The molecule has 0 saturated carbocycles. The zero-order chi connectivity index (χ0) is 14.1. The second kappa shape index (κ2) is 8.66. The Bertz CT molecular complexity index is 418. The van der Waals surface area contributed by atoms with E-state index >= 15 is 0 Å². The van der Waals surface area contributed by atoms with Crippen molar-refractivity contribution in [3.8, 4) is 5.75 Å². The van der Waals surface area contributed by atoms with Crippen molar-refractivity contribution in [1.82, 2.24) is 9.78 Å². The molecule has 1 unspecified atom stereocenters. The van der Waals surface area contributed by atoms with Crippen LogP contribution in [0.2, 0.25) is 0 Å². The number of hydrogen-bond acceptors (Lipinski definition) is 5. The third-order valence-electron chi connectivity index (χ3n) is 2.45. The van der Waals surface area contributed by atoms with Crippen molar-refractivity contribution in [3.05, 3.63) is 22.6 Å². The lowest BCUT2D eigenvalue weighted by Crippen LogP contribution is -2.26. The highest BCUT2D eigenvalue weighted by Crippen LogP contribution is 2.03. The Hall–Kier alpha value is -1.40. The third kappa shape index (κ3) is 6.35. The van der Waals surface area contributed by atoms with Gasteiger partial charge in [-0.05, 0) is 13.3 Å². The Morgan fingerprint density at radius 1 is 1.47 bits per heavy atom. The molecule has 2 N–H and O–H groups in total. The Kier molecular flexibility index (Phi) is 7.14. The number of nitrogens with zero attached hydrogens (tertiary/aromatic N) is 2. The SMILES string of the molecule is CCCCOCCn1ncc(OCC(C)N)cc1=O. The summed E-state index contributed by atoms with van der Waals surface area (Å²) in [6, 6.07) is 1.34. The summed E-state index contributed by atoms with van der Waals surface area (Å²) in [7, 11) is 0. The normalized spacial score (nSPS) is 12.4. The van der Waals surface area contributed by atoms with Crippen molar-refractivity contribution in [2.24, 2.45) is 5.73 Å². The molecular weight excluding hydrogens is 246 g/mol. The predicted molar refractivity (Wildman–Crippen MR) is 73.4 cm³/mol. The maximum Gasteiger partial charge on any atom is 0.270 e. The largest absolute Gasteiger partial charge is 0.490 e. The van der Waals surface area contributed by atoms with Gasteiger partial charge in [0, 0.05) is 18.7 Å². The lowest BCUT2D eigenvalue weighted by Gasteiger charge is -2.09. The van der Waals surface area contributed by atoms with Gasteiger partial charge < -0.3 is 15.2 Å². The van der Waals surface area contributed by atoms with Gasteiger partial charge in [0.05, 0.1) is 19.3 Å². The quantitative estimate of drug-likeness (QED) is 0.670. The average Bonchev–Trinajstić information content (AvgIpc) is 2.38. The van der Waals surface area contributed by atoms with Gasteiger partial charge in [0.15, 0.2) is 0 Å². The number of hydrogen-bond donors (Lipinski definition) is 1. The van der Waals surface area contributed by atoms with Gasteiger partial charge in [-0.1, -0.05) is 13.3 Å². The highest BCUT2D eigenvalue weighted by Gasteiger charge is 2.02. The second-order valence-electron chi connectivity index (χ2n) is 4.51. The first kappa shape index (κ1) is 15.7. The molecule has 0 aliphatic rings. The van der Waals surface area contributed by atoms with Crippen LogP contribution in [0.1, 0.15) is 26.7 Å². The van der Waals surface area contributed by atoms with Crippen LogP contribution in [0.3, 0.4) is 0 Å². The van der Waals surface area contributed by atoms with Gasteiger partial charge >= 0.3 is 0 Å². The summed E-state index contributed by atoms with van der Waals surface area (Å²) in [6.45, 7) is 5.98. The molecule has 1 aromatic heterocycles. The van der Waals surface area contributed by atoms with E-state index in [1.165, 1.54) is 16.9 Å². The Balaban J connectivity index is 2.41. The first-order chi connectivity index (χ1) is 9.13. The Morgan fingerprint density at radius 3 is 2.89 bits per heavy atom. The van der Waals surface area contributed by atoms with E-state index in [-0.39, 0.29) is 11.6 Å². The van der Waals surface area contributed by atoms with Crippen molar-refractivity contribution in [1.29, 1.82) is 0 Å². The van der Waals surface area contributed by atoms with E-state index in [1.807, 2.05) is 6.92 Å². The summed E-state index contributed by atoms with van der Waals surface area (Å²) in [5.74, 6) is 0.449. The highest BCUT2D eigenvalue weighted by atomic mass is 16.5. The number of aromatic nitrogens is 2. The van der Waals surface area contributed by atoms with Crippen LogP contribution >= 0.6 is 0 Å². The molecule has 6 heteroatoms. The molecule has 0 aromatic carbocycles. The van der Waals surface area contributed by atoms with E-state index in [0.29, 0.717) is 25.5 Å². The first-order valence-corrected chi connectivity index (χ1v) is 6.66. The second-order valence-corrected chi connectivity index (χ2v) is 4.51. The number of rotatable bonds is 9. The van der Waals surface area contributed by atoms with E-state index in [4.69, 9.17) is 15.2 Å². The summed E-state index contributed by atoms with van der Waals surface area (Å²) in [4.78, 5) is 11.7. The smallest absolute Gasteiger partial charge is 0.270 e. The summed E-state index contributed by atoms with van der Waals surface area (Å²) in [6.07, 6.45) is 3.66. The molecule has 0 aliphatic heterocycles. The van der Waals surface area contributed by atoms with Crippen molar-refractivity contribution in [2.45, 2.75) is 39.3 Å². The maximum absolute atomic E-state index is 11.7. The molecule has 0 bridgehead atoms. The van der Waals surface area contributed by atoms with Gasteiger partial charge in [-0.2, -0.15) is 5.10 Å². The van der Waals surface area contributed by atoms with Crippen LogP contribution in [0.5, 0.6) is 5.75 Å². The summed E-state index contributed by atoms with van der Waals surface area (Å²) < 4.78 is 12.1. The molecule has 19 heavy (non-hydrogen) atoms. The van der Waals surface area contributed by atoms with Crippen molar-refractivity contribution in [3.63, 3.8) is 0 Å². The molecule has 0 amide bonds. The molecule has 0 aliphatic carbocycles. The zero-order valence-corrected chi connectivity index (χ0v) is 11.7. The van der Waals surface area contributed by atoms with Crippen LogP contribution < -0.4 is 16.0 Å². The van der Waals surface area contributed by atoms with Crippen LogP contribution in [-0.4, -0.2) is 35.6 Å². The fourth-order valence-corrected chi connectivity index (χ4v) is 1.39. The Morgan fingerprint density at radius 2 is 2.26 bits per heavy atom. The molecule has 1 aromatic rings. The maximum atomic E-state index is 11.7. The third-order valence-corrected chi connectivity index (χ3v) is 2.45. The average molecular weight is 269 g/mol. The van der Waals surface area contributed by atoms with Gasteiger partial charge in [0.1, 0.15) is 12.4 Å². The molecule has 0 spiro atoms. The van der Waals surface area contributed by atoms with Gasteiger partial charge in [-0.15, -0.1) is 0 Å². The molecular formula is C13H23N3O3. The summed E-state index contributed by atoms with van der Waals surface area (Å²) >= 11 is 0. The minimum absolute atomic E-state index is 0.0746. The van der Waals surface area contributed by atoms with Crippen LogP contribution in [0, 0.1) is 0 Å². The molecule has 108 valence electrons. The minimum atomic E-state index is -0.193.